The molecule has 1 spiro atoms. The molecule has 16 heavy (non-hydrogen) atoms. The van der Waals surface area contributed by atoms with Gasteiger partial charge >= 0.3 is 0 Å². The Bertz CT molecular complexity index is 356. The second-order valence-corrected chi connectivity index (χ2v) is 7.84. The summed E-state index contributed by atoms with van der Waals surface area (Å²) in [6.07, 6.45) is 6.38. The molecule has 4 aliphatic rings. The summed E-state index contributed by atoms with van der Waals surface area (Å²) >= 11 is 0. The van der Waals surface area contributed by atoms with Crippen LogP contribution in [0.25, 0.3) is 0 Å². The van der Waals surface area contributed by atoms with Crippen molar-refractivity contribution in [1.82, 2.24) is 0 Å². The van der Waals surface area contributed by atoms with Crippen LogP contribution in [0.1, 0.15) is 53.4 Å². The second-order valence-electron chi connectivity index (χ2n) is 7.84. The Morgan fingerprint density at radius 1 is 1.00 bits per heavy atom. The van der Waals surface area contributed by atoms with Crippen LogP contribution in [-0.4, -0.2) is 11.7 Å². The standard InChI is InChI=1S/C15H24O/c1-9-5-6-10-13(2,3)11-7-15(9,10)8-12-14(11,4)16-12/h9-12H,5-8H2,1-4H3/t9-,10+,11-,12?,14+,15-/m1/s1. The van der Waals surface area contributed by atoms with Gasteiger partial charge in [0.2, 0.25) is 0 Å². The van der Waals surface area contributed by atoms with Crippen LogP contribution in [0.5, 0.6) is 0 Å². The molecule has 1 heterocycles. The Morgan fingerprint density at radius 3 is 2.50 bits per heavy atom. The zero-order valence-corrected chi connectivity index (χ0v) is 11.0. The van der Waals surface area contributed by atoms with E-state index in [4.69, 9.17) is 4.74 Å². The molecule has 4 rings (SSSR count). The molecule has 6 atom stereocenters. The fraction of sp³-hybridized carbons (Fsp3) is 1.00. The average molecular weight is 220 g/mol. The zero-order valence-electron chi connectivity index (χ0n) is 11.0. The van der Waals surface area contributed by atoms with Crippen molar-refractivity contribution in [3.8, 4) is 0 Å². The van der Waals surface area contributed by atoms with Crippen LogP contribution in [0.4, 0.5) is 0 Å². The Morgan fingerprint density at radius 2 is 1.75 bits per heavy atom. The predicted molar refractivity (Wildman–Crippen MR) is 64.1 cm³/mol. The Balaban J connectivity index is 1.85. The van der Waals surface area contributed by atoms with Crippen molar-refractivity contribution in [1.29, 1.82) is 0 Å². The van der Waals surface area contributed by atoms with E-state index >= 15 is 0 Å². The fourth-order valence-corrected chi connectivity index (χ4v) is 6.21. The molecule has 0 aromatic heterocycles. The maximum Gasteiger partial charge on any atom is 0.0954 e. The minimum Gasteiger partial charge on any atom is -0.366 e. The topological polar surface area (TPSA) is 12.5 Å². The predicted octanol–water partition coefficient (Wildman–Crippen LogP) is 3.63. The molecular weight excluding hydrogens is 196 g/mol. The summed E-state index contributed by atoms with van der Waals surface area (Å²) < 4.78 is 6.09. The first-order valence-corrected chi connectivity index (χ1v) is 7.09. The van der Waals surface area contributed by atoms with E-state index in [9.17, 15) is 0 Å². The summed E-state index contributed by atoms with van der Waals surface area (Å²) in [4.78, 5) is 0. The molecule has 1 heteroatoms. The third kappa shape index (κ3) is 0.805. The monoisotopic (exact) mass is 220 g/mol. The van der Waals surface area contributed by atoms with Gasteiger partial charge in [-0.2, -0.15) is 0 Å². The first kappa shape index (κ1) is 9.94. The minimum absolute atomic E-state index is 0.263. The third-order valence-electron chi connectivity index (χ3n) is 7.18. The minimum atomic E-state index is 0.263. The zero-order chi connectivity index (χ0) is 11.3. The molecule has 3 saturated carbocycles. The number of rotatable bonds is 0. The van der Waals surface area contributed by atoms with Crippen LogP contribution in [0.3, 0.4) is 0 Å². The highest BCUT2D eigenvalue weighted by atomic mass is 16.6. The van der Waals surface area contributed by atoms with Crippen LogP contribution in [0, 0.1) is 28.6 Å². The van der Waals surface area contributed by atoms with E-state index < -0.39 is 0 Å². The highest BCUT2D eigenvalue weighted by Gasteiger charge is 2.76. The van der Waals surface area contributed by atoms with Crippen LogP contribution < -0.4 is 0 Å². The molecule has 3 aliphatic carbocycles. The van der Waals surface area contributed by atoms with Crippen molar-refractivity contribution < 1.29 is 4.74 Å². The van der Waals surface area contributed by atoms with E-state index in [1.54, 1.807) is 0 Å². The SMILES string of the molecule is C[C@@H]1CC[C@H]2C(C)(C)[C@H]3C[C@@]12CC1O[C@]13C. The Labute approximate surface area is 98.9 Å². The van der Waals surface area contributed by atoms with E-state index in [-0.39, 0.29) is 5.60 Å². The maximum absolute atomic E-state index is 6.09. The van der Waals surface area contributed by atoms with Gasteiger partial charge in [0.15, 0.2) is 0 Å². The Hall–Kier alpha value is -0.0400. The summed E-state index contributed by atoms with van der Waals surface area (Å²) in [6, 6.07) is 0. The lowest BCUT2D eigenvalue weighted by atomic mass is 9.66. The molecule has 90 valence electrons. The van der Waals surface area contributed by atoms with Gasteiger partial charge < -0.3 is 4.74 Å². The van der Waals surface area contributed by atoms with E-state index in [2.05, 4.69) is 27.7 Å². The lowest BCUT2D eigenvalue weighted by Crippen LogP contribution is -2.36. The van der Waals surface area contributed by atoms with E-state index in [0.29, 0.717) is 16.9 Å². The number of hydrogen-bond acceptors (Lipinski definition) is 1. The van der Waals surface area contributed by atoms with Crippen molar-refractivity contribution in [2.75, 3.05) is 0 Å². The van der Waals surface area contributed by atoms with Gasteiger partial charge in [-0.1, -0.05) is 20.8 Å². The van der Waals surface area contributed by atoms with E-state index in [0.717, 1.165) is 17.8 Å². The van der Waals surface area contributed by atoms with Crippen LogP contribution >= 0.6 is 0 Å². The lowest BCUT2D eigenvalue weighted by Gasteiger charge is -2.37. The molecule has 1 saturated heterocycles. The third-order valence-corrected chi connectivity index (χ3v) is 7.18. The summed E-state index contributed by atoms with van der Waals surface area (Å²) in [6.45, 7) is 9.93. The van der Waals surface area contributed by atoms with Crippen LogP contribution in [0.15, 0.2) is 0 Å². The van der Waals surface area contributed by atoms with Crippen molar-refractivity contribution in [3.63, 3.8) is 0 Å². The smallest absolute Gasteiger partial charge is 0.0954 e. The molecule has 0 aromatic rings. The van der Waals surface area contributed by atoms with E-state index in [1.807, 2.05) is 0 Å². The normalized spacial score (nSPS) is 65.2. The van der Waals surface area contributed by atoms with Gasteiger partial charge in [-0.15, -0.1) is 0 Å². The second kappa shape index (κ2) is 2.39. The summed E-state index contributed by atoms with van der Waals surface area (Å²) in [5.41, 5.74) is 1.44. The van der Waals surface area contributed by atoms with Gasteiger partial charge in [0.05, 0.1) is 11.7 Å². The molecule has 1 aliphatic heterocycles. The van der Waals surface area contributed by atoms with Crippen molar-refractivity contribution >= 4 is 0 Å². The molecule has 0 amide bonds. The quantitative estimate of drug-likeness (QED) is 0.568. The number of fused-ring (bicyclic) bond motifs is 3. The molecule has 0 N–H and O–H groups in total. The summed E-state index contributed by atoms with van der Waals surface area (Å²) in [5, 5.41) is 0. The van der Waals surface area contributed by atoms with Gasteiger partial charge in [0.1, 0.15) is 0 Å². The van der Waals surface area contributed by atoms with Crippen LogP contribution in [-0.2, 0) is 4.74 Å². The summed E-state index contributed by atoms with van der Waals surface area (Å²) in [5.74, 6) is 2.75. The van der Waals surface area contributed by atoms with Gasteiger partial charge in [0, 0.05) is 0 Å². The number of epoxide rings is 1. The van der Waals surface area contributed by atoms with Gasteiger partial charge in [-0.25, -0.2) is 0 Å². The molecule has 4 fully saturated rings. The fourth-order valence-electron chi connectivity index (χ4n) is 6.21. The average Bonchev–Trinajstić information content (AvgIpc) is 2.67. The molecule has 0 radical (unpaired) electrons. The van der Waals surface area contributed by atoms with Crippen molar-refractivity contribution in [2.24, 2.45) is 28.6 Å². The summed E-state index contributed by atoms with van der Waals surface area (Å²) in [7, 11) is 0. The molecular formula is C15H24O. The lowest BCUT2D eigenvalue weighted by molar-refractivity contribution is 0.0866. The largest absolute Gasteiger partial charge is 0.366 e. The van der Waals surface area contributed by atoms with Crippen LogP contribution in [0.2, 0.25) is 0 Å². The first-order valence-electron chi connectivity index (χ1n) is 7.09. The highest BCUT2D eigenvalue weighted by molar-refractivity contribution is 5.24. The highest BCUT2D eigenvalue weighted by Crippen LogP contribution is 2.77. The molecule has 2 bridgehead atoms. The van der Waals surface area contributed by atoms with Gasteiger partial charge in [0.25, 0.3) is 0 Å². The van der Waals surface area contributed by atoms with Gasteiger partial charge in [-0.05, 0) is 61.2 Å². The number of ether oxygens (including phenoxy) is 1. The Kier molecular flexibility index (Phi) is 1.48. The molecule has 0 aromatic carbocycles. The molecule has 1 nitrogen and oxygen atoms in total. The van der Waals surface area contributed by atoms with Crippen molar-refractivity contribution in [3.05, 3.63) is 0 Å². The van der Waals surface area contributed by atoms with E-state index in [1.165, 1.54) is 25.7 Å². The van der Waals surface area contributed by atoms with Crippen molar-refractivity contribution in [2.45, 2.75) is 65.1 Å². The van der Waals surface area contributed by atoms with Gasteiger partial charge in [-0.3, -0.25) is 0 Å². The maximum atomic E-state index is 6.09. The number of hydrogen-bond donors (Lipinski definition) is 0. The molecule has 1 unspecified atom stereocenters. The first-order chi connectivity index (χ1) is 7.41.